The lowest BCUT2D eigenvalue weighted by Crippen LogP contribution is -2.36. The summed E-state index contributed by atoms with van der Waals surface area (Å²) in [4.78, 5) is 11.4. The van der Waals surface area contributed by atoms with E-state index in [9.17, 15) is 5.11 Å². The van der Waals surface area contributed by atoms with Gasteiger partial charge in [0.15, 0.2) is 0 Å². The molecule has 0 spiro atoms. The van der Waals surface area contributed by atoms with Gasteiger partial charge in [-0.25, -0.2) is 9.97 Å². The highest BCUT2D eigenvalue weighted by molar-refractivity contribution is 5.58. The molecular formula is C14H24N4O. The fourth-order valence-electron chi connectivity index (χ4n) is 2.59. The smallest absolute Gasteiger partial charge is 0.137 e. The predicted octanol–water partition coefficient (Wildman–Crippen LogP) is 1.73. The Labute approximate surface area is 115 Å². The summed E-state index contributed by atoms with van der Waals surface area (Å²) in [6.07, 6.45) is 2.07. The van der Waals surface area contributed by atoms with Crippen molar-refractivity contribution in [1.82, 2.24) is 9.97 Å². The Morgan fingerprint density at radius 2 is 1.95 bits per heavy atom. The molecule has 106 valence electrons. The molecule has 0 unspecified atom stereocenters. The van der Waals surface area contributed by atoms with Crippen LogP contribution >= 0.6 is 0 Å². The molecule has 0 radical (unpaired) electrons. The van der Waals surface area contributed by atoms with Gasteiger partial charge < -0.3 is 15.3 Å². The highest BCUT2D eigenvalue weighted by atomic mass is 16.3. The summed E-state index contributed by atoms with van der Waals surface area (Å²) in [7, 11) is 0. The van der Waals surface area contributed by atoms with Crippen LogP contribution in [0.3, 0.4) is 0 Å². The summed E-state index contributed by atoms with van der Waals surface area (Å²) >= 11 is 0. The van der Waals surface area contributed by atoms with Gasteiger partial charge in [-0.05, 0) is 39.5 Å². The fourth-order valence-corrected chi connectivity index (χ4v) is 2.59. The molecule has 1 aromatic rings. The molecule has 19 heavy (non-hydrogen) atoms. The number of rotatable bonds is 4. The number of aliphatic hydroxyl groups is 1. The molecule has 1 aliphatic heterocycles. The first-order valence-corrected chi connectivity index (χ1v) is 7.10. The number of hydrogen-bond acceptors (Lipinski definition) is 5. The second-order valence-electron chi connectivity index (χ2n) is 5.21. The average molecular weight is 264 g/mol. The van der Waals surface area contributed by atoms with Crippen molar-refractivity contribution in [3.8, 4) is 0 Å². The zero-order chi connectivity index (χ0) is 13.8. The van der Waals surface area contributed by atoms with Gasteiger partial charge in [0.05, 0.1) is 0 Å². The number of nitrogens with zero attached hydrogens (tertiary/aromatic N) is 3. The lowest BCUT2D eigenvalue weighted by Gasteiger charge is -2.33. The lowest BCUT2D eigenvalue weighted by molar-refractivity contribution is 0.202. The zero-order valence-corrected chi connectivity index (χ0v) is 12.1. The molecule has 1 aliphatic rings. The van der Waals surface area contributed by atoms with Crippen LogP contribution in [-0.2, 0) is 0 Å². The first-order valence-electron chi connectivity index (χ1n) is 7.10. The van der Waals surface area contributed by atoms with Crippen molar-refractivity contribution < 1.29 is 5.11 Å². The molecule has 1 fully saturated rings. The van der Waals surface area contributed by atoms with Crippen LogP contribution in [0.5, 0.6) is 0 Å². The number of aromatic nitrogens is 2. The van der Waals surface area contributed by atoms with Crippen LogP contribution in [0.1, 0.15) is 31.2 Å². The SMILES string of the molecule is CCNc1nc(C)nc(N2CCC(CO)CC2)c1C. The van der Waals surface area contributed by atoms with Crippen LogP contribution in [0.15, 0.2) is 0 Å². The van der Waals surface area contributed by atoms with Crippen molar-refractivity contribution in [2.75, 3.05) is 36.5 Å². The van der Waals surface area contributed by atoms with Crippen LogP contribution in [0.4, 0.5) is 11.6 Å². The van der Waals surface area contributed by atoms with Gasteiger partial charge in [0, 0.05) is 31.8 Å². The van der Waals surface area contributed by atoms with E-state index in [0.717, 1.165) is 55.5 Å². The van der Waals surface area contributed by atoms with E-state index in [0.29, 0.717) is 12.5 Å². The molecule has 5 heteroatoms. The quantitative estimate of drug-likeness (QED) is 0.867. The number of nitrogens with one attached hydrogen (secondary N) is 1. The molecule has 5 nitrogen and oxygen atoms in total. The number of aryl methyl sites for hydroxylation is 1. The molecule has 0 aromatic carbocycles. The van der Waals surface area contributed by atoms with Gasteiger partial charge in [-0.1, -0.05) is 0 Å². The highest BCUT2D eigenvalue weighted by Gasteiger charge is 2.22. The van der Waals surface area contributed by atoms with Crippen LogP contribution in [0.25, 0.3) is 0 Å². The number of hydrogen-bond donors (Lipinski definition) is 2. The largest absolute Gasteiger partial charge is 0.396 e. The Morgan fingerprint density at radius 3 is 2.53 bits per heavy atom. The van der Waals surface area contributed by atoms with Crippen LogP contribution in [0, 0.1) is 19.8 Å². The van der Waals surface area contributed by atoms with Crippen LogP contribution < -0.4 is 10.2 Å². The maximum absolute atomic E-state index is 9.21. The third-order valence-electron chi connectivity index (χ3n) is 3.75. The van der Waals surface area contributed by atoms with Gasteiger partial charge in [0.1, 0.15) is 17.5 Å². The highest BCUT2D eigenvalue weighted by Crippen LogP contribution is 2.27. The normalized spacial score (nSPS) is 16.7. The van der Waals surface area contributed by atoms with Gasteiger partial charge in [0.2, 0.25) is 0 Å². The molecule has 1 saturated heterocycles. The van der Waals surface area contributed by atoms with E-state index in [-0.39, 0.29) is 0 Å². The lowest BCUT2D eigenvalue weighted by atomic mass is 9.98. The molecule has 0 bridgehead atoms. The van der Waals surface area contributed by atoms with E-state index in [1.165, 1.54) is 0 Å². The molecule has 0 amide bonds. The topological polar surface area (TPSA) is 61.3 Å². The minimum absolute atomic E-state index is 0.304. The molecule has 1 aromatic heterocycles. The Kier molecular flexibility index (Phi) is 4.58. The van der Waals surface area contributed by atoms with E-state index in [1.807, 2.05) is 6.92 Å². The Bertz CT molecular complexity index is 428. The summed E-state index contributed by atoms with van der Waals surface area (Å²) in [5.41, 5.74) is 1.12. The second kappa shape index (κ2) is 6.19. The maximum Gasteiger partial charge on any atom is 0.137 e. The number of aliphatic hydroxyl groups excluding tert-OH is 1. The van der Waals surface area contributed by atoms with Crippen molar-refractivity contribution in [1.29, 1.82) is 0 Å². The number of anilines is 2. The standard InChI is InChI=1S/C14H24N4O/c1-4-15-13-10(2)14(17-11(3)16-13)18-7-5-12(9-19)6-8-18/h12,19H,4-9H2,1-3H3,(H,15,16,17). The number of piperidine rings is 1. The van der Waals surface area contributed by atoms with Gasteiger partial charge in [-0.15, -0.1) is 0 Å². The van der Waals surface area contributed by atoms with Crippen LogP contribution in [0.2, 0.25) is 0 Å². The van der Waals surface area contributed by atoms with E-state index in [2.05, 4.69) is 34.0 Å². The molecule has 2 N–H and O–H groups in total. The van der Waals surface area contributed by atoms with E-state index >= 15 is 0 Å². The summed E-state index contributed by atoms with van der Waals surface area (Å²) in [5.74, 6) is 3.24. The summed E-state index contributed by atoms with van der Waals surface area (Å²) in [6.45, 7) is 9.18. The third-order valence-corrected chi connectivity index (χ3v) is 3.75. The maximum atomic E-state index is 9.21. The van der Waals surface area contributed by atoms with E-state index in [1.54, 1.807) is 0 Å². The first-order chi connectivity index (χ1) is 9.15. The monoisotopic (exact) mass is 264 g/mol. The first kappa shape index (κ1) is 14.1. The molecule has 2 heterocycles. The molecule has 0 atom stereocenters. The third kappa shape index (κ3) is 3.15. The van der Waals surface area contributed by atoms with Gasteiger partial charge in [-0.3, -0.25) is 0 Å². The van der Waals surface area contributed by atoms with Crippen molar-refractivity contribution in [2.24, 2.45) is 5.92 Å². The summed E-state index contributed by atoms with van der Waals surface area (Å²) in [5, 5.41) is 12.5. The second-order valence-corrected chi connectivity index (χ2v) is 5.21. The zero-order valence-electron chi connectivity index (χ0n) is 12.1. The minimum Gasteiger partial charge on any atom is -0.396 e. The van der Waals surface area contributed by atoms with Crippen molar-refractivity contribution in [3.63, 3.8) is 0 Å². The predicted molar refractivity (Wildman–Crippen MR) is 77.7 cm³/mol. The summed E-state index contributed by atoms with van der Waals surface area (Å²) in [6, 6.07) is 0. The van der Waals surface area contributed by atoms with Gasteiger partial charge in [-0.2, -0.15) is 0 Å². The fraction of sp³-hybridized carbons (Fsp3) is 0.714. The van der Waals surface area contributed by atoms with Crippen molar-refractivity contribution >= 4 is 11.6 Å². The van der Waals surface area contributed by atoms with Crippen LogP contribution in [-0.4, -0.2) is 41.3 Å². The van der Waals surface area contributed by atoms with E-state index in [4.69, 9.17) is 0 Å². The molecule has 2 rings (SSSR count). The summed E-state index contributed by atoms with van der Waals surface area (Å²) < 4.78 is 0. The van der Waals surface area contributed by atoms with Crippen molar-refractivity contribution in [3.05, 3.63) is 11.4 Å². The van der Waals surface area contributed by atoms with Crippen molar-refractivity contribution in [2.45, 2.75) is 33.6 Å². The molecule has 0 saturated carbocycles. The Morgan fingerprint density at radius 1 is 1.26 bits per heavy atom. The van der Waals surface area contributed by atoms with Gasteiger partial charge in [0.25, 0.3) is 0 Å². The average Bonchev–Trinajstić information content (AvgIpc) is 2.43. The van der Waals surface area contributed by atoms with E-state index < -0.39 is 0 Å². The Balaban J connectivity index is 2.20. The Hall–Kier alpha value is -1.36. The minimum atomic E-state index is 0.304. The van der Waals surface area contributed by atoms with Gasteiger partial charge >= 0.3 is 0 Å². The molecular weight excluding hydrogens is 240 g/mol. The molecule has 0 aliphatic carbocycles.